The Kier molecular flexibility index (Phi) is 6.25. The molecule has 32 heavy (non-hydrogen) atoms. The molecule has 1 atom stereocenters. The monoisotopic (exact) mass is 465 g/mol. The Morgan fingerprint density at radius 3 is 2.78 bits per heavy atom. The topological polar surface area (TPSA) is 65.9 Å². The Balaban J connectivity index is 1.41. The van der Waals surface area contributed by atoms with E-state index in [0.717, 1.165) is 29.4 Å². The number of alkyl halides is 3. The van der Waals surface area contributed by atoms with Crippen LogP contribution in [0.5, 0.6) is 5.75 Å². The second-order valence-electron chi connectivity index (χ2n) is 7.77. The van der Waals surface area contributed by atoms with Crippen molar-refractivity contribution in [2.75, 3.05) is 31.1 Å². The van der Waals surface area contributed by atoms with E-state index in [1.54, 1.807) is 6.07 Å². The number of carbonyl (C=O) groups is 1. The zero-order valence-electron chi connectivity index (χ0n) is 17.3. The first kappa shape index (κ1) is 22.3. The highest BCUT2D eigenvalue weighted by atomic mass is 32.1. The standard InChI is InChI=1S/C22H22F3N3O3S/c1-14-11-28(21-26-18-6-5-16(22(23,24)25)10-19(18)32-21)8-7-27(14)12-15-3-2-4-17(9-15)31-13-20(29)30/h2-6,9-10,14H,7-8,11-13H2,1H3,(H,29,30). The molecule has 0 radical (unpaired) electrons. The number of hydrogen-bond acceptors (Lipinski definition) is 6. The fourth-order valence-electron chi connectivity index (χ4n) is 3.74. The zero-order chi connectivity index (χ0) is 22.9. The van der Waals surface area contributed by atoms with Crippen LogP contribution in [0, 0.1) is 0 Å². The number of fused-ring (bicyclic) bond motifs is 1. The van der Waals surface area contributed by atoms with Gasteiger partial charge < -0.3 is 14.7 Å². The van der Waals surface area contributed by atoms with Crippen LogP contribution in [0.2, 0.25) is 0 Å². The molecule has 10 heteroatoms. The highest BCUT2D eigenvalue weighted by Gasteiger charge is 2.31. The Morgan fingerprint density at radius 1 is 1.25 bits per heavy atom. The number of nitrogens with zero attached hydrogens (tertiary/aromatic N) is 3. The molecule has 2 heterocycles. The van der Waals surface area contributed by atoms with Crippen LogP contribution in [-0.2, 0) is 17.5 Å². The highest BCUT2D eigenvalue weighted by Crippen LogP contribution is 2.36. The molecule has 0 bridgehead atoms. The molecule has 6 nitrogen and oxygen atoms in total. The van der Waals surface area contributed by atoms with Crippen molar-refractivity contribution < 1.29 is 27.8 Å². The molecule has 1 unspecified atom stereocenters. The molecule has 0 aliphatic carbocycles. The summed E-state index contributed by atoms with van der Waals surface area (Å²) in [7, 11) is 0. The second-order valence-corrected chi connectivity index (χ2v) is 8.78. The van der Waals surface area contributed by atoms with Crippen molar-refractivity contribution in [3.63, 3.8) is 0 Å². The number of benzene rings is 2. The fourth-order valence-corrected chi connectivity index (χ4v) is 4.78. The van der Waals surface area contributed by atoms with Gasteiger partial charge in [-0.05, 0) is 42.8 Å². The zero-order valence-corrected chi connectivity index (χ0v) is 18.1. The maximum Gasteiger partial charge on any atom is 0.416 e. The Hall–Kier alpha value is -2.85. The van der Waals surface area contributed by atoms with Gasteiger partial charge in [0, 0.05) is 32.2 Å². The SMILES string of the molecule is CC1CN(c2nc3ccc(C(F)(F)F)cc3s2)CCN1Cc1cccc(OCC(=O)O)c1. The quantitative estimate of drug-likeness (QED) is 0.579. The van der Waals surface area contributed by atoms with Crippen LogP contribution in [0.25, 0.3) is 10.2 Å². The number of carboxylic acids is 1. The molecule has 4 rings (SSSR count). The van der Waals surface area contributed by atoms with E-state index in [9.17, 15) is 18.0 Å². The largest absolute Gasteiger partial charge is 0.482 e. The summed E-state index contributed by atoms with van der Waals surface area (Å²) < 4.78 is 44.7. The minimum Gasteiger partial charge on any atom is -0.482 e. The third-order valence-electron chi connectivity index (χ3n) is 5.39. The molecule has 1 aromatic heterocycles. The van der Waals surface area contributed by atoms with Gasteiger partial charge in [-0.25, -0.2) is 9.78 Å². The maximum absolute atomic E-state index is 13.0. The van der Waals surface area contributed by atoms with Crippen molar-refractivity contribution in [1.29, 1.82) is 0 Å². The molecule has 1 aliphatic heterocycles. The summed E-state index contributed by atoms with van der Waals surface area (Å²) in [4.78, 5) is 19.7. The van der Waals surface area contributed by atoms with E-state index in [-0.39, 0.29) is 12.6 Å². The fraction of sp³-hybridized carbons (Fsp3) is 0.364. The van der Waals surface area contributed by atoms with Crippen LogP contribution in [-0.4, -0.2) is 53.2 Å². The summed E-state index contributed by atoms with van der Waals surface area (Å²) in [5.74, 6) is -0.506. The van der Waals surface area contributed by atoms with Crippen LogP contribution in [0.1, 0.15) is 18.1 Å². The third kappa shape index (κ3) is 5.13. The van der Waals surface area contributed by atoms with E-state index < -0.39 is 17.7 Å². The smallest absolute Gasteiger partial charge is 0.416 e. The van der Waals surface area contributed by atoms with Gasteiger partial charge in [0.05, 0.1) is 15.8 Å². The predicted molar refractivity (Wildman–Crippen MR) is 116 cm³/mol. The summed E-state index contributed by atoms with van der Waals surface area (Å²) in [5, 5.41) is 9.49. The lowest BCUT2D eigenvalue weighted by atomic mass is 10.1. The lowest BCUT2D eigenvalue weighted by Crippen LogP contribution is -2.51. The van der Waals surface area contributed by atoms with E-state index in [1.165, 1.54) is 17.4 Å². The van der Waals surface area contributed by atoms with Gasteiger partial charge in [-0.2, -0.15) is 13.2 Å². The molecule has 1 saturated heterocycles. The molecule has 1 aliphatic rings. The first-order valence-corrected chi connectivity index (χ1v) is 10.9. The number of carboxylic acid groups (broad SMARTS) is 1. The van der Waals surface area contributed by atoms with Crippen molar-refractivity contribution in [3.05, 3.63) is 53.6 Å². The number of halogens is 3. The summed E-state index contributed by atoms with van der Waals surface area (Å²) in [6, 6.07) is 11.2. The van der Waals surface area contributed by atoms with E-state index >= 15 is 0 Å². The molecule has 1 N–H and O–H groups in total. The van der Waals surface area contributed by atoms with Gasteiger partial charge in [-0.1, -0.05) is 23.5 Å². The number of piperazine rings is 1. The van der Waals surface area contributed by atoms with Crippen LogP contribution < -0.4 is 9.64 Å². The van der Waals surface area contributed by atoms with Crippen molar-refractivity contribution in [3.8, 4) is 5.75 Å². The van der Waals surface area contributed by atoms with E-state index in [2.05, 4.69) is 21.7 Å². The summed E-state index contributed by atoms with van der Waals surface area (Å²) in [5.41, 5.74) is 0.937. The van der Waals surface area contributed by atoms with E-state index in [1.807, 2.05) is 18.2 Å². The van der Waals surface area contributed by atoms with Gasteiger partial charge in [-0.15, -0.1) is 0 Å². The maximum atomic E-state index is 13.0. The summed E-state index contributed by atoms with van der Waals surface area (Å²) in [6.07, 6.45) is -4.37. The van der Waals surface area contributed by atoms with Crippen molar-refractivity contribution in [1.82, 2.24) is 9.88 Å². The normalized spacial score (nSPS) is 17.6. The van der Waals surface area contributed by atoms with E-state index in [4.69, 9.17) is 9.84 Å². The van der Waals surface area contributed by atoms with Gasteiger partial charge >= 0.3 is 12.1 Å². The average Bonchev–Trinajstić information content (AvgIpc) is 3.17. The number of aliphatic carboxylic acids is 1. The predicted octanol–water partition coefficient (Wildman–Crippen LogP) is 4.49. The molecule has 0 saturated carbocycles. The van der Waals surface area contributed by atoms with Gasteiger partial charge in [0.2, 0.25) is 0 Å². The number of aromatic nitrogens is 1. The van der Waals surface area contributed by atoms with Crippen LogP contribution in [0.3, 0.4) is 0 Å². The second kappa shape index (κ2) is 8.95. The van der Waals surface area contributed by atoms with Gasteiger partial charge in [-0.3, -0.25) is 4.90 Å². The van der Waals surface area contributed by atoms with Crippen LogP contribution in [0.15, 0.2) is 42.5 Å². The average molecular weight is 465 g/mol. The molecule has 3 aromatic rings. The molecular formula is C22H22F3N3O3S. The van der Waals surface area contributed by atoms with Gasteiger partial charge in [0.15, 0.2) is 11.7 Å². The third-order valence-corrected chi connectivity index (χ3v) is 6.47. The van der Waals surface area contributed by atoms with Crippen molar-refractivity contribution >= 4 is 32.7 Å². The lowest BCUT2D eigenvalue weighted by molar-refractivity contribution is -0.139. The number of anilines is 1. The summed E-state index contributed by atoms with van der Waals surface area (Å²) >= 11 is 1.28. The Morgan fingerprint density at radius 2 is 2.06 bits per heavy atom. The lowest BCUT2D eigenvalue weighted by Gasteiger charge is -2.39. The molecular weight excluding hydrogens is 443 g/mol. The van der Waals surface area contributed by atoms with Crippen LogP contribution >= 0.6 is 11.3 Å². The minimum atomic E-state index is -4.37. The molecule has 0 spiro atoms. The number of thiazole rings is 1. The minimum absolute atomic E-state index is 0.199. The number of ether oxygens (including phenoxy) is 1. The first-order chi connectivity index (χ1) is 15.2. The Labute approximate surface area is 186 Å². The van der Waals surface area contributed by atoms with Crippen molar-refractivity contribution in [2.45, 2.75) is 25.7 Å². The van der Waals surface area contributed by atoms with Crippen LogP contribution in [0.4, 0.5) is 18.3 Å². The first-order valence-electron chi connectivity index (χ1n) is 10.1. The number of hydrogen-bond donors (Lipinski definition) is 1. The molecule has 170 valence electrons. The van der Waals surface area contributed by atoms with Gasteiger partial charge in [0.1, 0.15) is 5.75 Å². The number of rotatable bonds is 6. The van der Waals surface area contributed by atoms with E-state index in [0.29, 0.717) is 35.6 Å². The summed E-state index contributed by atoms with van der Waals surface area (Å²) in [6.45, 7) is 4.60. The Bertz CT molecular complexity index is 1120. The molecule has 2 aromatic carbocycles. The highest BCUT2D eigenvalue weighted by molar-refractivity contribution is 7.22. The molecule has 1 fully saturated rings. The van der Waals surface area contributed by atoms with Gasteiger partial charge in [0.25, 0.3) is 0 Å². The van der Waals surface area contributed by atoms with Crippen molar-refractivity contribution in [2.24, 2.45) is 0 Å². The molecule has 0 amide bonds.